The molecule has 1 aliphatic rings. The first kappa shape index (κ1) is 17.5. The number of hydrogen-bond acceptors (Lipinski definition) is 5. The van der Waals surface area contributed by atoms with Crippen molar-refractivity contribution >= 4 is 16.9 Å². The van der Waals surface area contributed by atoms with E-state index >= 15 is 0 Å². The van der Waals surface area contributed by atoms with Gasteiger partial charge in [-0.2, -0.15) is 0 Å². The minimum absolute atomic E-state index is 0.142. The highest BCUT2D eigenvalue weighted by Crippen LogP contribution is 2.33. The van der Waals surface area contributed by atoms with Crippen LogP contribution in [0.25, 0.3) is 11.0 Å². The van der Waals surface area contributed by atoms with Gasteiger partial charge in [-0.1, -0.05) is 6.92 Å². The van der Waals surface area contributed by atoms with Crippen LogP contribution in [0.4, 0.5) is 0 Å². The van der Waals surface area contributed by atoms with Gasteiger partial charge in [0, 0.05) is 16.5 Å². The Morgan fingerprint density at radius 1 is 1.24 bits per heavy atom. The number of fused-ring (bicyclic) bond motifs is 3. The van der Waals surface area contributed by atoms with Crippen molar-refractivity contribution in [2.75, 3.05) is 0 Å². The van der Waals surface area contributed by atoms with Gasteiger partial charge in [-0.05, 0) is 64.2 Å². The Morgan fingerprint density at radius 3 is 2.68 bits per heavy atom. The predicted octanol–water partition coefficient (Wildman–Crippen LogP) is 3.70. The molecule has 5 nitrogen and oxygen atoms in total. The third kappa shape index (κ3) is 3.28. The SMILES string of the molecule is CCC(C)OC(=O)C(C)Oc1ccc2c3c(c(=O)oc2c1C)CCC3. The van der Waals surface area contributed by atoms with E-state index in [1.807, 2.05) is 32.9 Å². The van der Waals surface area contributed by atoms with Crippen molar-refractivity contribution in [1.29, 1.82) is 0 Å². The van der Waals surface area contributed by atoms with Gasteiger partial charge >= 0.3 is 11.6 Å². The fraction of sp³-hybridized carbons (Fsp3) is 0.500. The number of hydrogen-bond donors (Lipinski definition) is 0. The Hall–Kier alpha value is -2.30. The third-order valence-corrected chi connectivity index (χ3v) is 4.87. The summed E-state index contributed by atoms with van der Waals surface area (Å²) in [5.74, 6) is 0.131. The second kappa shape index (κ2) is 6.90. The van der Waals surface area contributed by atoms with E-state index in [9.17, 15) is 9.59 Å². The summed E-state index contributed by atoms with van der Waals surface area (Å²) >= 11 is 0. The molecule has 3 rings (SSSR count). The standard InChI is InChI=1S/C20H24O5/c1-5-11(2)23-19(21)13(4)24-17-10-9-15-14-7-6-8-16(14)20(22)25-18(15)12(17)3/h9-11,13H,5-8H2,1-4H3. The normalized spacial score (nSPS) is 15.7. The average molecular weight is 344 g/mol. The molecule has 0 amide bonds. The van der Waals surface area contributed by atoms with Crippen LogP contribution < -0.4 is 10.4 Å². The van der Waals surface area contributed by atoms with Gasteiger partial charge in [0.25, 0.3) is 0 Å². The molecular weight excluding hydrogens is 320 g/mol. The summed E-state index contributed by atoms with van der Waals surface area (Å²) in [6.07, 6.45) is 2.54. The first-order valence-electron chi connectivity index (χ1n) is 8.87. The topological polar surface area (TPSA) is 65.7 Å². The number of carbonyl (C=O) groups is 1. The summed E-state index contributed by atoms with van der Waals surface area (Å²) in [5.41, 5.74) is 2.90. The highest BCUT2D eigenvalue weighted by Gasteiger charge is 2.23. The molecule has 0 fully saturated rings. The lowest BCUT2D eigenvalue weighted by atomic mass is 10.0. The van der Waals surface area contributed by atoms with Crippen molar-refractivity contribution < 1.29 is 18.7 Å². The molecule has 1 aliphatic carbocycles. The largest absolute Gasteiger partial charge is 0.479 e. The molecule has 2 aromatic rings. The van der Waals surface area contributed by atoms with Gasteiger partial charge in [0.1, 0.15) is 11.3 Å². The molecule has 5 heteroatoms. The summed E-state index contributed by atoms with van der Waals surface area (Å²) < 4.78 is 16.6. The lowest BCUT2D eigenvalue weighted by molar-refractivity contribution is -0.155. The smallest absolute Gasteiger partial charge is 0.347 e. The van der Waals surface area contributed by atoms with E-state index in [1.165, 1.54) is 0 Å². The van der Waals surface area contributed by atoms with Crippen LogP contribution in [0.2, 0.25) is 0 Å². The van der Waals surface area contributed by atoms with Crippen molar-refractivity contribution in [1.82, 2.24) is 0 Å². The van der Waals surface area contributed by atoms with Crippen LogP contribution in [-0.4, -0.2) is 18.2 Å². The van der Waals surface area contributed by atoms with Crippen molar-refractivity contribution in [2.24, 2.45) is 0 Å². The molecule has 0 bridgehead atoms. The van der Waals surface area contributed by atoms with Crippen LogP contribution in [0, 0.1) is 6.92 Å². The van der Waals surface area contributed by atoms with Crippen LogP contribution in [0.3, 0.4) is 0 Å². The van der Waals surface area contributed by atoms with Crippen LogP contribution >= 0.6 is 0 Å². The van der Waals surface area contributed by atoms with Crippen LogP contribution in [0.1, 0.15) is 50.3 Å². The lowest BCUT2D eigenvalue weighted by Gasteiger charge is -2.18. The summed E-state index contributed by atoms with van der Waals surface area (Å²) in [6, 6.07) is 3.75. The molecule has 1 aromatic heterocycles. The maximum absolute atomic E-state index is 12.2. The second-order valence-electron chi connectivity index (χ2n) is 6.68. The van der Waals surface area contributed by atoms with Crippen molar-refractivity contribution in [3.05, 3.63) is 39.2 Å². The predicted molar refractivity (Wildman–Crippen MR) is 95.2 cm³/mol. The van der Waals surface area contributed by atoms with Gasteiger partial charge in [-0.15, -0.1) is 0 Å². The highest BCUT2D eigenvalue weighted by atomic mass is 16.6. The Balaban J connectivity index is 1.91. The Kier molecular flexibility index (Phi) is 4.84. The van der Waals surface area contributed by atoms with Gasteiger partial charge in [-0.25, -0.2) is 9.59 Å². The molecule has 0 saturated heterocycles. The molecular formula is C20H24O5. The molecule has 0 saturated carbocycles. The molecule has 25 heavy (non-hydrogen) atoms. The molecule has 1 heterocycles. The Bertz CT molecular complexity index is 864. The summed E-state index contributed by atoms with van der Waals surface area (Å²) in [5, 5.41) is 0.965. The zero-order valence-electron chi connectivity index (χ0n) is 15.2. The van der Waals surface area contributed by atoms with Gasteiger partial charge in [0.2, 0.25) is 0 Å². The van der Waals surface area contributed by atoms with E-state index in [-0.39, 0.29) is 11.7 Å². The minimum Gasteiger partial charge on any atom is -0.479 e. The lowest BCUT2D eigenvalue weighted by Crippen LogP contribution is -2.29. The van der Waals surface area contributed by atoms with Crippen LogP contribution in [-0.2, 0) is 22.4 Å². The maximum atomic E-state index is 12.2. The maximum Gasteiger partial charge on any atom is 0.347 e. The summed E-state index contributed by atoms with van der Waals surface area (Å²) in [7, 11) is 0. The molecule has 134 valence electrons. The van der Waals surface area contributed by atoms with E-state index in [2.05, 4.69) is 0 Å². The fourth-order valence-corrected chi connectivity index (χ4v) is 3.21. The van der Waals surface area contributed by atoms with Gasteiger partial charge < -0.3 is 13.9 Å². The van der Waals surface area contributed by atoms with Crippen LogP contribution in [0.5, 0.6) is 5.75 Å². The number of carbonyl (C=O) groups excluding carboxylic acids is 1. The van der Waals surface area contributed by atoms with Crippen molar-refractivity contribution in [3.8, 4) is 5.75 Å². The number of aryl methyl sites for hydroxylation is 2. The van der Waals surface area contributed by atoms with E-state index in [0.717, 1.165) is 47.8 Å². The number of rotatable bonds is 5. The molecule has 0 aliphatic heterocycles. The molecule has 0 N–H and O–H groups in total. The van der Waals surface area contributed by atoms with E-state index in [1.54, 1.807) is 6.92 Å². The number of esters is 1. The van der Waals surface area contributed by atoms with Crippen molar-refractivity contribution in [3.63, 3.8) is 0 Å². The fourth-order valence-electron chi connectivity index (χ4n) is 3.21. The Labute approximate surface area is 146 Å². The zero-order chi connectivity index (χ0) is 18.1. The average Bonchev–Trinajstić information content (AvgIpc) is 3.08. The molecule has 2 unspecified atom stereocenters. The van der Waals surface area contributed by atoms with E-state index < -0.39 is 12.1 Å². The van der Waals surface area contributed by atoms with E-state index in [0.29, 0.717) is 11.3 Å². The minimum atomic E-state index is -0.730. The first-order valence-corrected chi connectivity index (χ1v) is 8.87. The van der Waals surface area contributed by atoms with Gasteiger partial charge in [0.15, 0.2) is 6.10 Å². The monoisotopic (exact) mass is 344 g/mol. The second-order valence-corrected chi connectivity index (χ2v) is 6.68. The van der Waals surface area contributed by atoms with Crippen molar-refractivity contribution in [2.45, 2.75) is 65.6 Å². The Morgan fingerprint density at radius 2 is 1.96 bits per heavy atom. The number of benzene rings is 1. The molecule has 2 atom stereocenters. The third-order valence-electron chi connectivity index (χ3n) is 4.87. The summed E-state index contributed by atoms with van der Waals surface area (Å²) in [6.45, 7) is 7.31. The van der Waals surface area contributed by atoms with Gasteiger partial charge in [-0.3, -0.25) is 0 Å². The zero-order valence-corrected chi connectivity index (χ0v) is 15.2. The molecule has 0 radical (unpaired) electrons. The van der Waals surface area contributed by atoms with Gasteiger partial charge in [0.05, 0.1) is 6.10 Å². The molecule has 1 aromatic carbocycles. The number of ether oxygens (including phenoxy) is 2. The quantitative estimate of drug-likeness (QED) is 0.611. The van der Waals surface area contributed by atoms with Crippen LogP contribution in [0.15, 0.2) is 21.3 Å². The highest BCUT2D eigenvalue weighted by molar-refractivity contribution is 5.86. The first-order chi connectivity index (χ1) is 11.9. The summed E-state index contributed by atoms with van der Waals surface area (Å²) in [4.78, 5) is 24.3. The molecule has 0 spiro atoms. The van der Waals surface area contributed by atoms with E-state index in [4.69, 9.17) is 13.9 Å².